The first-order valence-electron chi connectivity index (χ1n) is 6.37. The number of hydrogen-bond acceptors (Lipinski definition) is 2. The summed E-state index contributed by atoms with van der Waals surface area (Å²) in [5.41, 5.74) is 1.99. The molecule has 3 nitrogen and oxygen atoms in total. The van der Waals surface area contributed by atoms with E-state index in [9.17, 15) is 4.79 Å². The zero-order valence-electron chi connectivity index (χ0n) is 11.2. The summed E-state index contributed by atoms with van der Waals surface area (Å²) in [7, 11) is 0. The first kappa shape index (κ1) is 14.6. The second kappa shape index (κ2) is 6.57. The smallest absolute Gasteiger partial charge is 0.323 e. The van der Waals surface area contributed by atoms with E-state index in [1.54, 1.807) is 0 Å². The molecule has 0 aromatic heterocycles. The minimum absolute atomic E-state index is 0.0124. The van der Waals surface area contributed by atoms with E-state index in [1.165, 1.54) is 0 Å². The summed E-state index contributed by atoms with van der Waals surface area (Å²) in [5.74, 6) is -0.835. The Balaban J connectivity index is 2.31. The molecule has 0 aliphatic heterocycles. The van der Waals surface area contributed by atoms with Crippen LogP contribution >= 0.6 is 15.9 Å². The molecule has 0 aliphatic rings. The molecule has 0 fully saturated rings. The van der Waals surface area contributed by atoms with Crippen molar-refractivity contribution in [1.29, 1.82) is 0 Å². The third-order valence-corrected chi connectivity index (χ3v) is 3.74. The van der Waals surface area contributed by atoms with Gasteiger partial charge in [-0.05, 0) is 36.8 Å². The zero-order valence-corrected chi connectivity index (χ0v) is 12.7. The van der Waals surface area contributed by atoms with E-state index in [0.717, 1.165) is 15.7 Å². The first-order valence-corrected chi connectivity index (χ1v) is 7.16. The van der Waals surface area contributed by atoms with Gasteiger partial charge in [-0.3, -0.25) is 4.79 Å². The van der Waals surface area contributed by atoms with Gasteiger partial charge >= 0.3 is 5.97 Å². The van der Waals surface area contributed by atoms with Gasteiger partial charge in [-0.1, -0.05) is 46.3 Å². The largest absolute Gasteiger partial charge is 0.480 e. The highest BCUT2D eigenvalue weighted by atomic mass is 79.9. The van der Waals surface area contributed by atoms with Crippen molar-refractivity contribution in [2.24, 2.45) is 0 Å². The molecule has 0 heterocycles. The monoisotopic (exact) mass is 333 g/mol. The standard InChI is InChI=1S/C16H16BrNO2/c1-12(13-7-9-14(17)10-8-13)18(11-16(19)20)15-5-3-2-4-6-15/h2-10,12H,11H2,1H3,(H,19,20). The Kier molecular flexibility index (Phi) is 4.79. The summed E-state index contributed by atoms with van der Waals surface area (Å²) in [5, 5.41) is 9.14. The fraction of sp³-hybridized carbons (Fsp3) is 0.188. The Bertz CT molecular complexity index is 569. The van der Waals surface area contributed by atoms with Gasteiger partial charge in [0.05, 0.1) is 6.04 Å². The van der Waals surface area contributed by atoms with Gasteiger partial charge in [-0.2, -0.15) is 0 Å². The van der Waals surface area contributed by atoms with Gasteiger partial charge in [0, 0.05) is 10.2 Å². The van der Waals surface area contributed by atoms with Crippen LogP contribution in [0.4, 0.5) is 5.69 Å². The molecule has 0 aliphatic carbocycles. The lowest BCUT2D eigenvalue weighted by Gasteiger charge is -2.30. The molecule has 2 rings (SSSR count). The molecule has 20 heavy (non-hydrogen) atoms. The third-order valence-electron chi connectivity index (χ3n) is 3.21. The van der Waals surface area contributed by atoms with Crippen LogP contribution in [0, 0.1) is 0 Å². The quantitative estimate of drug-likeness (QED) is 0.895. The van der Waals surface area contributed by atoms with Crippen LogP contribution < -0.4 is 4.90 Å². The summed E-state index contributed by atoms with van der Waals surface area (Å²) >= 11 is 3.41. The maximum absolute atomic E-state index is 11.1. The molecule has 2 aromatic carbocycles. The normalized spacial score (nSPS) is 11.9. The molecule has 0 bridgehead atoms. The number of hydrogen-bond donors (Lipinski definition) is 1. The molecule has 104 valence electrons. The number of carboxylic acids is 1. The SMILES string of the molecule is CC(c1ccc(Br)cc1)N(CC(=O)O)c1ccccc1. The van der Waals surface area contributed by atoms with Gasteiger partial charge in [0.2, 0.25) is 0 Å². The molecule has 0 saturated carbocycles. The van der Waals surface area contributed by atoms with E-state index in [2.05, 4.69) is 15.9 Å². The van der Waals surface area contributed by atoms with Crippen LogP contribution in [0.25, 0.3) is 0 Å². The lowest BCUT2D eigenvalue weighted by atomic mass is 10.1. The van der Waals surface area contributed by atoms with E-state index in [1.807, 2.05) is 66.4 Å². The Hall–Kier alpha value is -1.81. The molecule has 0 radical (unpaired) electrons. The lowest BCUT2D eigenvalue weighted by Crippen LogP contribution is -2.32. The molecule has 1 atom stereocenters. The number of anilines is 1. The number of aliphatic carboxylic acids is 1. The molecule has 0 saturated heterocycles. The van der Waals surface area contributed by atoms with E-state index in [4.69, 9.17) is 5.11 Å². The molecule has 0 amide bonds. The van der Waals surface area contributed by atoms with Crippen molar-refractivity contribution in [2.75, 3.05) is 11.4 Å². The number of carbonyl (C=O) groups is 1. The van der Waals surface area contributed by atoms with Crippen LogP contribution in [0.3, 0.4) is 0 Å². The van der Waals surface area contributed by atoms with Crippen LogP contribution in [-0.2, 0) is 4.79 Å². The average molecular weight is 334 g/mol. The van der Waals surface area contributed by atoms with Gasteiger partial charge in [-0.25, -0.2) is 0 Å². The lowest BCUT2D eigenvalue weighted by molar-refractivity contribution is -0.135. The van der Waals surface area contributed by atoms with Gasteiger partial charge in [0.15, 0.2) is 0 Å². The highest BCUT2D eigenvalue weighted by Crippen LogP contribution is 2.27. The van der Waals surface area contributed by atoms with Gasteiger partial charge in [0.25, 0.3) is 0 Å². The predicted octanol–water partition coefficient (Wildman–Crippen LogP) is 4.10. The molecule has 1 unspecified atom stereocenters. The van der Waals surface area contributed by atoms with Crippen LogP contribution in [0.5, 0.6) is 0 Å². The van der Waals surface area contributed by atoms with E-state index in [-0.39, 0.29) is 12.6 Å². The van der Waals surface area contributed by atoms with Crippen molar-refractivity contribution in [1.82, 2.24) is 0 Å². The summed E-state index contributed by atoms with van der Waals surface area (Å²) in [4.78, 5) is 13.0. The molecule has 1 N–H and O–H groups in total. The number of rotatable bonds is 5. The summed E-state index contributed by atoms with van der Waals surface area (Å²) < 4.78 is 1.01. The van der Waals surface area contributed by atoms with Gasteiger partial charge in [-0.15, -0.1) is 0 Å². The van der Waals surface area contributed by atoms with Crippen molar-refractivity contribution in [3.63, 3.8) is 0 Å². The Morgan fingerprint density at radius 2 is 1.75 bits per heavy atom. The highest BCUT2D eigenvalue weighted by molar-refractivity contribution is 9.10. The number of nitrogens with zero attached hydrogens (tertiary/aromatic N) is 1. The number of halogens is 1. The third kappa shape index (κ3) is 3.61. The minimum Gasteiger partial charge on any atom is -0.480 e. The summed E-state index contributed by atoms with van der Waals surface area (Å²) in [6.45, 7) is 1.99. The molecular weight excluding hydrogens is 318 g/mol. The molecule has 4 heteroatoms. The highest BCUT2D eigenvalue weighted by Gasteiger charge is 2.18. The molecular formula is C16H16BrNO2. The maximum Gasteiger partial charge on any atom is 0.323 e. The topological polar surface area (TPSA) is 40.5 Å². The van der Waals surface area contributed by atoms with E-state index < -0.39 is 5.97 Å². The number of para-hydroxylation sites is 1. The van der Waals surface area contributed by atoms with Crippen molar-refractivity contribution < 1.29 is 9.90 Å². The second-order valence-electron chi connectivity index (χ2n) is 4.58. The summed E-state index contributed by atoms with van der Waals surface area (Å²) in [6.07, 6.45) is 0. The Morgan fingerprint density at radius 3 is 2.30 bits per heavy atom. The fourth-order valence-electron chi connectivity index (χ4n) is 2.14. The zero-order chi connectivity index (χ0) is 14.5. The van der Waals surface area contributed by atoms with Gasteiger partial charge < -0.3 is 10.0 Å². The Morgan fingerprint density at radius 1 is 1.15 bits per heavy atom. The number of benzene rings is 2. The average Bonchev–Trinajstić information content (AvgIpc) is 2.45. The maximum atomic E-state index is 11.1. The van der Waals surface area contributed by atoms with Crippen molar-refractivity contribution >= 4 is 27.6 Å². The molecule has 0 spiro atoms. The van der Waals surface area contributed by atoms with Gasteiger partial charge in [0.1, 0.15) is 6.54 Å². The van der Waals surface area contributed by atoms with Crippen LogP contribution in [-0.4, -0.2) is 17.6 Å². The van der Waals surface area contributed by atoms with Crippen LogP contribution in [0.15, 0.2) is 59.1 Å². The first-order chi connectivity index (χ1) is 9.58. The van der Waals surface area contributed by atoms with E-state index >= 15 is 0 Å². The Labute approximate surface area is 127 Å². The van der Waals surface area contributed by atoms with Crippen LogP contribution in [0.1, 0.15) is 18.5 Å². The fourth-order valence-corrected chi connectivity index (χ4v) is 2.40. The van der Waals surface area contributed by atoms with Crippen LogP contribution in [0.2, 0.25) is 0 Å². The number of carboxylic acid groups (broad SMARTS) is 1. The van der Waals surface area contributed by atoms with Crippen molar-refractivity contribution in [3.05, 3.63) is 64.6 Å². The predicted molar refractivity (Wildman–Crippen MR) is 84.0 cm³/mol. The van der Waals surface area contributed by atoms with Crippen molar-refractivity contribution in [3.8, 4) is 0 Å². The second-order valence-corrected chi connectivity index (χ2v) is 5.50. The summed E-state index contributed by atoms with van der Waals surface area (Å²) in [6, 6.07) is 17.5. The van der Waals surface area contributed by atoms with Crippen molar-refractivity contribution in [2.45, 2.75) is 13.0 Å². The molecule has 2 aromatic rings. The minimum atomic E-state index is -0.835. The van der Waals surface area contributed by atoms with E-state index in [0.29, 0.717) is 0 Å².